The summed E-state index contributed by atoms with van der Waals surface area (Å²) in [5.74, 6) is 0.928. The van der Waals surface area contributed by atoms with Crippen molar-refractivity contribution in [3.63, 3.8) is 0 Å². The minimum atomic E-state index is -0.172. The Balaban J connectivity index is 1.56. The molecule has 0 unspecified atom stereocenters. The van der Waals surface area contributed by atoms with Crippen LogP contribution in [0.15, 0.2) is 66.7 Å². The fourth-order valence-corrected chi connectivity index (χ4v) is 3.11. The van der Waals surface area contributed by atoms with Crippen LogP contribution in [0.5, 0.6) is 11.5 Å². The lowest BCUT2D eigenvalue weighted by molar-refractivity contribution is -0.120. The van der Waals surface area contributed by atoms with E-state index in [1.165, 1.54) is 0 Å². The summed E-state index contributed by atoms with van der Waals surface area (Å²) in [5, 5.41) is 5.80. The first-order chi connectivity index (χ1) is 15.0. The molecule has 3 aromatic carbocycles. The average Bonchev–Trinajstić information content (AvgIpc) is 2.78. The van der Waals surface area contributed by atoms with E-state index in [2.05, 4.69) is 10.6 Å². The first kappa shape index (κ1) is 21.9. The third-order valence-corrected chi connectivity index (χ3v) is 4.80. The van der Waals surface area contributed by atoms with Gasteiger partial charge in [-0.1, -0.05) is 35.9 Å². The van der Waals surface area contributed by atoms with Gasteiger partial charge in [-0.25, -0.2) is 0 Å². The van der Waals surface area contributed by atoms with Gasteiger partial charge in [0.2, 0.25) is 5.91 Å². The topological polar surface area (TPSA) is 76.7 Å². The lowest BCUT2D eigenvalue weighted by atomic mass is 10.1. The van der Waals surface area contributed by atoms with Gasteiger partial charge in [0.1, 0.15) is 0 Å². The van der Waals surface area contributed by atoms with Crippen LogP contribution >= 0.6 is 0 Å². The predicted octanol–water partition coefficient (Wildman–Crippen LogP) is 4.12. The van der Waals surface area contributed by atoms with Crippen molar-refractivity contribution in [2.24, 2.45) is 0 Å². The molecule has 6 nitrogen and oxygen atoms in total. The lowest BCUT2D eigenvalue weighted by Gasteiger charge is -2.11. The van der Waals surface area contributed by atoms with Crippen LogP contribution in [-0.2, 0) is 17.8 Å². The van der Waals surface area contributed by atoms with E-state index in [9.17, 15) is 9.59 Å². The Kier molecular flexibility index (Phi) is 7.27. The lowest BCUT2D eigenvalue weighted by Crippen LogP contribution is -2.24. The maximum Gasteiger partial charge on any atom is 0.255 e. The molecule has 6 heteroatoms. The Labute approximate surface area is 182 Å². The summed E-state index contributed by atoms with van der Waals surface area (Å²) < 4.78 is 10.5. The molecule has 0 spiro atoms. The average molecular weight is 418 g/mol. The second kappa shape index (κ2) is 10.3. The van der Waals surface area contributed by atoms with Crippen LogP contribution < -0.4 is 20.1 Å². The van der Waals surface area contributed by atoms with Crippen LogP contribution in [0, 0.1) is 6.92 Å². The van der Waals surface area contributed by atoms with Gasteiger partial charge in [-0.15, -0.1) is 0 Å². The van der Waals surface area contributed by atoms with Crippen LogP contribution in [0.1, 0.15) is 27.0 Å². The van der Waals surface area contributed by atoms with Crippen LogP contribution in [0.4, 0.5) is 5.69 Å². The number of hydrogen-bond acceptors (Lipinski definition) is 4. The van der Waals surface area contributed by atoms with Gasteiger partial charge in [-0.2, -0.15) is 0 Å². The van der Waals surface area contributed by atoms with E-state index < -0.39 is 0 Å². The van der Waals surface area contributed by atoms with Crippen molar-refractivity contribution in [2.45, 2.75) is 19.9 Å². The molecule has 0 saturated heterocycles. The fraction of sp³-hybridized carbons (Fsp3) is 0.200. The number of benzene rings is 3. The van der Waals surface area contributed by atoms with Gasteiger partial charge in [0.15, 0.2) is 11.5 Å². The fourth-order valence-electron chi connectivity index (χ4n) is 3.11. The van der Waals surface area contributed by atoms with Crippen LogP contribution in [-0.4, -0.2) is 26.0 Å². The number of carbonyl (C=O) groups is 2. The molecule has 2 N–H and O–H groups in total. The maximum atomic E-state index is 12.4. The molecular weight excluding hydrogens is 392 g/mol. The third-order valence-electron chi connectivity index (χ3n) is 4.80. The zero-order valence-electron chi connectivity index (χ0n) is 17.9. The molecule has 3 aromatic rings. The summed E-state index contributed by atoms with van der Waals surface area (Å²) in [5.41, 5.74) is 4.09. The molecule has 31 heavy (non-hydrogen) atoms. The molecule has 0 saturated carbocycles. The Morgan fingerprint density at radius 1 is 0.839 bits per heavy atom. The van der Waals surface area contributed by atoms with Crippen molar-refractivity contribution in [1.82, 2.24) is 5.32 Å². The molecule has 0 atom stereocenters. The Morgan fingerprint density at radius 3 is 2.29 bits per heavy atom. The number of anilines is 1. The number of methoxy groups -OCH3 is 2. The van der Waals surface area contributed by atoms with Gasteiger partial charge in [0.05, 0.1) is 20.6 Å². The molecule has 3 rings (SSSR count). The molecule has 0 fully saturated rings. The predicted molar refractivity (Wildman–Crippen MR) is 121 cm³/mol. The van der Waals surface area contributed by atoms with Gasteiger partial charge in [-0.05, 0) is 54.4 Å². The number of carbonyl (C=O) groups excluding carboxylic acids is 2. The van der Waals surface area contributed by atoms with Crippen molar-refractivity contribution in [3.05, 3.63) is 89.0 Å². The molecule has 0 aliphatic carbocycles. The third kappa shape index (κ3) is 6.09. The molecule has 2 amide bonds. The number of hydrogen-bond donors (Lipinski definition) is 2. The first-order valence-corrected chi connectivity index (χ1v) is 9.93. The summed E-state index contributed by atoms with van der Waals surface area (Å²) in [4.78, 5) is 24.8. The van der Waals surface area contributed by atoms with Gasteiger partial charge in [0.25, 0.3) is 5.91 Å². The normalized spacial score (nSPS) is 10.3. The highest BCUT2D eigenvalue weighted by molar-refractivity contribution is 6.04. The van der Waals surface area contributed by atoms with Gasteiger partial charge >= 0.3 is 0 Å². The second-order valence-corrected chi connectivity index (χ2v) is 7.16. The maximum absolute atomic E-state index is 12.4. The van der Waals surface area contributed by atoms with Crippen LogP contribution in [0.25, 0.3) is 0 Å². The second-order valence-electron chi connectivity index (χ2n) is 7.16. The van der Waals surface area contributed by atoms with Crippen LogP contribution in [0.3, 0.4) is 0 Å². The minimum absolute atomic E-state index is 0.110. The summed E-state index contributed by atoms with van der Waals surface area (Å²) >= 11 is 0. The highest BCUT2D eigenvalue weighted by Gasteiger charge is 2.09. The largest absolute Gasteiger partial charge is 0.493 e. The highest BCUT2D eigenvalue weighted by atomic mass is 16.5. The van der Waals surface area contributed by atoms with E-state index in [0.29, 0.717) is 29.3 Å². The number of nitrogens with one attached hydrogen (secondary N) is 2. The van der Waals surface area contributed by atoms with E-state index in [-0.39, 0.29) is 18.2 Å². The van der Waals surface area contributed by atoms with Crippen molar-refractivity contribution in [2.75, 3.05) is 19.5 Å². The molecule has 160 valence electrons. The SMILES string of the molecule is COc1ccc(CC(=O)NCc2cccc(NC(=O)c3ccc(C)cc3)c2)cc1OC. The zero-order valence-corrected chi connectivity index (χ0v) is 17.9. The molecule has 0 bridgehead atoms. The highest BCUT2D eigenvalue weighted by Crippen LogP contribution is 2.27. The molecule has 0 aliphatic heterocycles. The molecule has 0 heterocycles. The molecule has 0 aliphatic rings. The molecule has 0 aromatic heterocycles. The summed E-state index contributed by atoms with van der Waals surface area (Å²) in [6.45, 7) is 2.34. The van der Waals surface area contributed by atoms with E-state index in [1.54, 1.807) is 38.5 Å². The van der Waals surface area contributed by atoms with Crippen molar-refractivity contribution < 1.29 is 19.1 Å². The van der Waals surface area contributed by atoms with Crippen molar-refractivity contribution >= 4 is 17.5 Å². The first-order valence-electron chi connectivity index (χ1n) is 9.93. The van der Waals surface area contributed by atoms with Gasteiger partial charge in [0, 0.05) is 17.8 Å². The smallest absolute Gasteiger partial charge is 0.255 e. The Bertz CT molecular complexity index is 1060. The number of amides is 2. The van der Waals surface area contributed by atoms with E-state index >= 15 is 0 Å². The summed E-state index contributed by atoms with van der Waals surface area (Å²) in [6.07, 6.45) is 0.226. The van der Waals surface area contributed by atoms with Crippen molar-refractivity contribution in [1.29, 1.82) is 0 Å². The standard InChI is InChI=1S/C25H26N2O4/c1-17-7-10-20(11-8-17)25(29)27-21-6-4-5-19(13-21)16-26-24(28)15-18-9-12-22(30-2)23(14-18)31-3/h4-14H,15-16H2,1-3H3,(H,26,28)(H,27,29). The van der Waals surface area contributed by atoms with Gasteiger partial charge in [-0.3, -0.25) is 9.59 Å². The van der Waals surface area contributed by atoms with E-state index in [4.69, 9.17) is 9.47 Å². The van der Waals surface area contributed by atoms with Crippen LogP contribution in [0.2, 0.25) is 0 Å². The number of rotatable bonds is 8. The summed E-state index contributed by atoms with van der Waals surface area (Å²) in [7, 11) is 3.13. The van der Waals surface area contributed by atoms with E-state index in [0.717, 1.165) is 16.7 Å². The summed E-state index contributed by atoms with van der Waals surface area (Å²) in [6, 6.07) is 20.2. The number of ether oxygens (including phenoxy) is 2. The van der Waals surface area contributed by atoms with Gasteiger partial charge < -0.3 is 20.1 Å². The van der Waals surface area contributed by atoms with Crippen molar-refractivity contribution in [3.8, 4) is 11.5 Å². The Morgan fingerprint density at radius 2 is 1.58 bits per heavy atom. The molecular formula is C25H26N2O4. The Hall–Kier alpha value is -3.80. The number of aryl methyl sites for hydroxylation is 1. The van der Waals surface area contributed by atoms with E-state index in [1.807, 2.05) is 49.4 Å². The minimum Gasteiger partial charge on any atom is -0.493 e. The molecule has 0 radical (unpaired) electrons. The zero-order chi connectivity index (χ0) is 22.2. The quantitative estimate of drug-likeness (QED) is 0.577. The monoisotopic (exact) mass is 418 g/mol.